The summed E-state index contributed by atoms with van der Waals surface area (Å²) in [6.07, 6.45) is 0. The standard InChI is InChI=1S/C17H23NO3/c1-6-20-12-8-9-13(21-7-2)16-15(12)17(19)14(10(3)4)11(5)18-16/h8-10H,6-7H2,1-5H3,(H,18,19). The van der Waals surface area contributed by atoms with Crippen molar-refractivity contribution in [2.24, 2.45) is 0 Å². The number of hydrogen-bond donors (Lipinski definition) is 1. The smallest absolute Gasteiger partial charge is 0.196 e. The van der Waals surface area contributed by atoms with Gasteiger partial charge in [0.2, 0.25) is 0 Å². The summed E-state index contributed by atoms with van der Waals surface area (Å²) >= 11 is 0. The highest BCUT2D eigenvalue weighted by molar-refractivity contribution is 5.90. The molecule has 0 atom stereocenters. The SMILES string of the molecule is CCOc1ccc(OCC)c2c(=O)c(C(C)C)c(C)[nH]c12. The minimum absolute atomic E-state index is 0.0289. The van der Waals surface area contributed by atoms with Crippen molar-refractivity contribution in [2.45, 2.75) is 40.5 Å². The average Bonchev–Trinajstić information content (AvgIpc) is 2.41. The zero-order chi connectivity index (χ0) is 15.6. The van der Waals surface area contributed by atoms with E-state index in [4.69, 9.17) is 9.47 Å². The van der Waals surface area contributed by atoms with E-state index >= 15 is 0 Å². The van der Waals surface area contributed by atoms with Crippen LogP contribution in [-0.2, 0) is 0 Å². The summed E-state index contributed by atoms with van der Waals surface area (Å²) in [7, 11) is 0. The Morgan fingerprint density at radius 3 is 2.24 bits per heavy atom. The van der Waals surface area contributed by atoms with E-state index in [1.165, 1.54) is 0 Å². The Balaban J connectivity index is 2.87. The number of H-pyrrole nitrogens is 1. The lowest BCUT2D eigenvalue weighted by atomic mass is 9.98. The fourth-order valence-electron chi connectivity index (χ4n) is 2.72. The summed E-state index contributed by atoms with van der Waals surface area (Å²) in [5, 5.41) is 0.581. The topological polar surface area (TPSA) is 51.3 Å². The zero-order valence-corrected chi connectivity index (χ0v) is 13.4. The summed E-state index contributed by atoms with van der Waals surface area (Å²) < 4.78 is 11.3. The molecule has 114 valence electrons. The van der Waals surface area contributed by atoms with Crippen molar-refractivity contribution in [1.82, 2.24) is 4.98 Å². The normalized spacial score (nSPS) is 11.1. The maximum absolute atomic E-state index is 12.9. The zero-order valence-electron chi connectivity index (χ0n) is 13.4. The fraction of sp³-hybridized carbons (Fsp3) is 0.471. The molecule has 2 aromatic rings. The molecule has 1 aromatic carbocycles. The van der Waals surface area contributed by atoms with Crippen LogP contribution in [0.4, 0.5) is 0 Å². The highest BCUT2D eigenvalue weighted by Gasteiger charge is 2.18. The van der Waals surface area contributed by atoms with Gasteiger partial charge in [-0.15, -0.1) is 0 Å². The Morgan fingerprint density at radius 1 is 1.10 bits per heavy atom. The number of benzene rings is 1. The summed E-state index contributed by atoms with van der Waals surface area (Å²) in [6.45, 7) is 10.9. The van der Waals surface area contributed by atoms with E-state index in [1.54, 1.807) is 0 Å². The molecule has 1 heterocycles. The maximum atomic E-state index is 12.9. The molecule has 0 radical (unpaired) electrons. The van der Waals surface area contributed by atoms with Crippen LogP contribution in [0.15, 0.2) is 16.9 Å². The van der Waals surface area contributed by atoms with Gasteiger partial charge in [-0.05, 0) is 38.8 Å². The van der Waals surface area contributed by atoms with Crippen LogP contribution in [0.2, 0.25) is 0 Å². The largest absolute Gasteiger partial charge is 0.493 e. The molecule has 0 fully saturated rings. The van der Waals surface area contributed by atoms with Crippen molar-refractivity contribution in [1.29, 1.82) is 0 Å². The van der Waals surface area contributed by atoms with Crippen molar-refractivity contribution in [3.63, 3.8) is 0 Å². The predicted molar refractivity (Wildman–Crippen MR) is 85.7 cm³/mol. The van der Waals surface area contributed by atoms with Gasteiger partial charge in [0.05, 0.1) is 24.1 Å². The second-order valence-corrected chi connectivity index (χ2v) is 5.33. The number of aromatic nitrogens is 1. The first-order valence-electron chi connectivity index (χ1n) is 7.46. The molecule has 4 heteroatoms. The molecule has 0 aliphatic heterocycles. The molecule has 0 aliphatic carbocycles. The predicted octanol–water partition coefficient (Wildman–Crippen LogP) is 3.76. The molecule has 4 nitrogen and oxygen atoms in total. The van der Waals surface area contributed by atoms with Crippen molar-refractivity contribution in [2.75, 3.05) is 13.2 Å². The highest BCUT2D eigenvalue weighted by atomic mass is 16.5. The van der Waals surface area contributed by atoms with Crippen LogP contribution in [0, 0.1) is 6.92 Å². The van der Waals surface area contributed by atoms with Crippen LogP contribution in [-0.4, -0.2) is 18.2 Å². The molecule has 1 aromatic heterocycles. The molecular formula is C17H23NO3. The first kappa shape index (κ1) is 15.4. The van der Waals surface area contributed by atoms with Gasteiger partial charge in [-0.2, -0.15) is 0 Å². The van der Waals surface area contributed by atoms with Crippen LogP contribution in [0.1, 0.15) is 44.9 Å². The fourth-order valence-corrected chi connectivity index (χ4v) is 2.72. The number of ether oxygens (including phenoxy) is 2. The summed E-state index contributed by atoms with van der Waals surface area (Å²) in [5.74, 6) is 1.45. The second kappa shape index (κ2) is 6.20. The van der Waals surface area contributed by atoms with Crippen LogP contribution >= 0.6 is 0 Å². The lowest BCUT2D eigenvalue weighted by molar-refractivity contribution is 0.336. The Kier molecular flexibility index (Phi) is 4.56. The molecule has 0 aliphatic rings. The third kappa shape index (κ3) is 2.75. The third-order valence-electron chi connectivity index (χ3n) is 3.49. The first-order valence-corrected chi connectivity index (χ1v) is 7.46. The van der Waals surface area contributed by atoms with Gasteiger partial charge in [-0.25, -0.2) is 0 Å². The van der Waals surface area contributed by atoms with E-state index in [0.29, 0.717) is 30.1 Å². The number of fused-ring (bicyclic) bond motifs is 1. The molecule has 1 N–H and O–H groups in total. The molecule has 0 bridgehead atoms. The van der Waals surface area contributed by atoms with Crippen molar-refractivity contribution in [3.8, 4) is 11.5 Å². The van der Waals surface area contributed by atoms with Crippen LogP contribution in [0.5, 0.6) is 11.5 Å². The Morgan fingerprint density at radius 2 is 1.67 bits per heavy atom. The van der Waals surface area contributed by atoms with E-state index in [1.807, 2.05) is 46.8 Å². The van der Waals surface area contributed by atoms with Gasteiger partial charge in [-0.1, -0.05) is 13.8 Å². The van der Waals surface area contributed by atoms with Gasteiger partial charge in [0.15, 0.2) is 5.43 Å². The quantitative estimate of drug-likeness (QED) is 0.912. The number of aryl methyl sites for hydroxylation is 1. The number of aromatic amines is 1. The van der Waals surface area contributed by atoms with Gasteiger partial charge in [0.25, 0.3) is 0 Å². The highest BCUT2D eigenvalue weighted by Crippen LogP contribution is 2.31. The van der Waals surface area contributed by atoms with Crippen LogP contribution < -0.4 is 14.9 Å². The van der Waals surface area contributed by atoms with Gasteiger partial charge >= 0.3 is 0 Å². The Labute approximate surface area is 125 Å². The monoisotopic (exact) mass is 289 g/mol. The molecule has 0 amide bonds. The average molecular weight is 289 g/mol. The van der Waals surface area contributed by atoms with Gasteiger partial charge in [-0.3, -0.25) is 4.79 Å². The van der Waals surface area contributed by atoms with Gasteiger partial charge in [0, 0.05) is 11.3 Å². The number of pyridine rings is 1. The van der Waals surface area contributed by atoms with E-state index in [2.05, 4.69) is 4.98 Å². The van der Waals surface area contributed by atoms with Crippen LogP contribution in [0.3, 0.4) is 0 Å². The third-order valence-corrected chi connectivity index (χ3v) is 3.49. The number of hydrogen-bond acceptors (Lipinski definition) is 3. The van der Waals surface area contributed by atoms with Gasteiger partial charge < -0.3 is 14.5 Å². The second-order valence-electron chi connectivity index (χ2n) is 5.33. The van der Waals surface area contributed by atoms with E-state index < -0.39 is 0 Å². The molecule has 0 spiro atoms. The molecule has 2 rings (SSSR count). The van der Waals surface area contributed by atoms with Crippen molar-refractivity contribution < 1.29 is 9.47 Å². The maximum Gasteiger partial charge on any atom is 0.196 e. The molecular weight excluding hydrogens is 266 g/mol. The lowest BCUT2D eigenvalue weighted by Crippen LogP contribution is -2.16. The summed E-state index contributed by atoms with van der Waals surface area (Å²) in [4.78, 5) is 16.2. The van der Waals surface area contributed by atoms with Crippen LogP contribution in [0.25, 0.3) is 10.9 Å². The van der Waals surface area contributed by atoms with Gasteiger partial charge in [0.1, 0.15) is 11.5 Å². The minimum atomic E-state index is 0.0289. The summed E-state index contributed by atoms with van der Waals surface area (Å²) in [5.41, 5.74) is 2.44. The van der Waals surface area contributed by atoms with E-state index in [0.717, 1.165) is 16.8 Å². The molecule has 21 heavy (non-hydrogen) atoms. The molecule has 0 saturated heterocycles. The van der Waals surface area contributed by atoms with E-state index in [9.17, 15) is 4.79 Å². The van der Waals surface area contributed by atoms with E-state index in [-0.39, 0.29) is 11.3 Å². The lowest BCUT2D eigenvalue weighted by Gasteiger charge is -2.16. The Bertz CT molecular complexity index is 701. The molecule has 0 unspecified atom stereocenters. The summed E-state index contributed by atoms with van der Waals surface area (Å²) in [6, 6.07) is 3.66. The first-order chi connectivity index (χ1) is 10.0. The Hall–Kier alpha value is -1.97. The number of rotatable bonds is 5. The minimum Gasteiger partial charge on any atom is -0.493 e. The number of nitrogens with one attached hydrogen (secondary N) is 1. The molecule has 0 saturated carbocycles. The van der Waals surface area contributed by atoms with Crippen molar-refractivity contribution in [3.05, 3.63) is 33.6 Å². The van der Waals surface area contributed by atoms with Crippen molar-refractivity contribution >= 4 is 10.9 Å².